The van der Waals surface area contributed by atoms with Gasteiger partial charge in [-0.1, -0.05) is 50.7 Å². The third-order valence-electron chi connectivity index (χ3n) is 10.2. The average molecular weight is 619 g/mol. The monoisotopic (exact) mass is 618 g/mol. The van der Waals surface area contributed by atoms with E-state index in [-0.39, 0.29) is 28.8 Å². The van der Waals surface area contributed by atoms with Gasteiger partial charge in [0.1, 0.15) is 17.8 Å². The molecule has 3 fully saturated rings. The summed E-state index contributed by atoms with van der Waals surface area (Å²) in [4.78, 5) is 41.3. The molecule has 0 aromatic heterocycles. The highest BCUT2D eigenvalue weighted by molar-refractivity contribution is 8.22. The van der Waals surface area contributed by atoms with E-state index in [9.17, 15) is 24.6 Å². The van der Waals surface area contributed by atoms with E-state index in [1.54, 1.807) is 64.3 Å². The zero-order chi connectivity index (χ0) is 30.8. The number of hydrogen-bond donors (Lipinski definition) is 2. The number of thiocarbonyl (C=S) groups is 1. The number of aliphatic hydroxyl groups excluding tert-OH is 1. The standard InChI is InChI=1S/C31H38O9S2/c1-16-19(33)14-31(36)25(39-26(35)18-10-8-7-9-11-18)23-29(5,13-12-20-30(23,15-37-20)40-17(2)32)24(34)22(38-27(41)42-6)21(16)28(31,3)4/h7-11,19-20,22-23,25,33,36H,12-15H2,1-6H3/t19-,20+,22+,23-,25-,29+,30-,31+/m0/s1. The van der Waals surface area contributed by atoms with Crippen LogP contribution in [-0.4, -0.2) is 80.8 Å². The SMILES string of the molecule is CSC(=S)O[C@H]1C(=O)[C@]2(C)CC[C@H]3OC[C@@]3(OC(C)=O)[C@H]2[C@H](OC(=O)c2ccccc2)[C@]2(O)C[C@H](O)C(C)=C1C2(C)C. The van der Waals surface area contributed by atoms with Crippen LogP contribution >= 0.6 is 24.0 Å². The first kappa shape index (κ1) is 31.1. The second-order valence-electron chi connectivity index (χ2n) is 12.7. The Morgan fingerprint density at radius 3 is 2.38 bits per heavy atom. The molecule has 0 radical (unpaired) electrons. The fourth-order valence-corrected chi connectivity index (χ4v) is 8.19. The molecule has 0 amide bonds. The van der Waals surface area contributed by atoms with Crippen molar-refractivity contribution in [3.05, 3.63) is 47.0 Å². The lowest BCUT2D eigenvalue weighted by Gasteiger charge is -2.66. The van der Waals surface area contributed by atoms with Gasteiger partial charge < -0.3 is 29.2 Å². The molecule has 9 nitrogen and oxygen atoms in total. The van der Waals surface area contributed by atoms with Gasteiger partial charge in [0.25, 0.3) is 0 Å². The molecule has 5 rings (SSSR count). The number of ketones is 1. The van der Waals surface area contributed by atoms with Crippen LogP contribution in [0.1, 0.15) is 64.2 Å². The second kappa shape index (κ2) is 10.7. The molecule has 2 bridgehead atoms. The number of Topliss-reactive ketones (excluding diaryl/α,β-unsaturated/α-hetero) is 1. The van der Waals surface area contributed by atoms with Gasteiger partial charge in [0.15, 0.2) is 17.5 Å². The van der Waals surface area contributed by atoms with Crippen molar-refractivity contribution in [2.45, 2.75) is 89.5 Å². The van der Waals surface area contributed by atoms with Crippen LogP contribution in [0.25, 0.3) is 0 Å². The molecule has 4 aliphatic rings. The highest BCUT2D eigenvalue weighted by Crippen LogP contribution is 2.64. The Morgan fingerprint density at radius 1 is 1.14 bits per heavy atom. The van der Waals surface area contributed by atoms with Crippen LogP contribution < -0.4 is 0 Å². The van der Waals surface area contributed by atoms with Crippen LogP contribution in [0.5, 0.6) is 0 Å². The Hall–Kier alpha value is -2.31. The number of carbonyl (C=O) groups is 3. The fourth-order valence-electron chi connectivity index (χ4n) is 7.90. The molecule has 1 saturated heterocycles. The third-order valence-corrected chi connectivity index (χ3v) is 11.2. The number of hydrogen-bond acceptors (Lipinski definition) is 11. The van der Waals surface area contributed by atoms with Gasteiger partial charge in [-0.15, -0.1) is 0 Å². The Balaban J connectivity index is 1.80. The zero-order valence-electron chi connectivity index (χ0n) is 24.7. The zero-order valence-corrected chi connectivity index (χ0v) is 26.3. The first-order valence-corrected chi connectivity index (χ1v) is 15.7. The van der Waals surface area contributed by atoms with E-state index in [4.69, 9.17) is 31.2 Å². The van der Waals surface area contributed by atoms with Gasteiger partial charge in [-0.2, -0.15) is 0 Å². The molecule has 3 aliphatic carbocycles. The second-order valence-corrected chi connectivity index (χ2v) is 14.1. The van der Waals surface area contributed by atoms with Crippen molar-refractivity contribution >= 4 is 46.1 Å². The predicted octanol–water partition coefficient (Wildman–Crippen LogP) is 3.78. The van der Waals surface area contributed by atoms with Crippen molar-refractivity contribution in [2.75, 3.05) is 12.9 Å². The number of aliphatic hydroxyl groups is 2. The highest BCUT2D eigenvalue weighted by atomic mass is 32.2. The van der Waals surface area contributed by atoms with E-state index < -0.39 is 64.3 Å². The van der Waals surface area contributed by atoms with E-state index in [0.717, 1.165) is 0 Å². The summed E-state index contributed by atoms with van der Waals surface area (Å²) in [5, 5.41) is 24.3. The average Bonchev–Trinajstić information content (AvgIpc) is 2.92. The van der Waals surface area contributed by atoms with Gasteiger partial charge in [0, 0.05) is 24.2 Å². The molecule has 2 N–H and O–H groups in total. The summed E-state index contributed by atoms with van der Waals surface area (Å²) in [5.41, 5.74) is -4.72. The summed E-state index contributed by atoms with van der Waals surface area (Å²) in [6, 6.07) is 8.36. The molecule has 2 saturated carbocycles. The quantitative estimate of drug-likeness (QED) is 0.291. The fraction of sp³-hybridized carbons (Fsp3) is 0.613. The number of benzene rings is 1. The van der Waals surface area contributed by atoms with Gasteiger partial charge in [-0.25, -0.2) is 4.79 Å². The number of fused-ring (bicyclic) bond motifs is 5. The van der Waals surface area contributed by atoms with Crippen molar-refractivity contribution in [3.8, 4) is 0 Å². The minimum Gasteiger partial charge on any atom is -0.463 e. The van der Waals surface area contributed by atoms with Crippen LogP contribution in [-0.2, 0) is 28.5 Å². The van der Waals surface area contributed by atoms with Crippen molar-refractivity contribution in [3.63, 3.8) is 0 Å². The van der Waals surface area contributed by atoms with Crippen LogP contribution in [0, 0.1) is 16.7 Å². The van der Waals surface area contributed by atoms with E-state index in [1.165, 1.54) is 18.7 Å². The van der Waals surface area contributed by atoms with Crippen LogP contribution in [0.3, 0.4) is 0 Å². The summed E-state index contributed by atoms with van der Waals surface area (Å²) >= 11 is 6.59. The largest absolute Gasteiger partial charge is 0.463 e. The molecule has 1 aromatic carbocycles. The maximum atomic E-state index is 14.9. The molecule has 1 aliphatic heterocycles. The molecule has 0 unspecified atom stereocenters. The molecule has 42 heavy (non-hydrogen) atoms. The number of ether oxygens (including phenoxy) is 4. The summed E-state index contributed by atoms with van der Waals surface area (Å²) in [5.74, 6) is -2.68. The Bertz CT molecular complexity index is 1340. The Labute approximate surface area is 255 Å². The van der Waals surface area contributed by atoms with Crippen LogP contribution in [0.15, 0.2) is 41.5 Å². The first-order chi connectivity index (χ1) is 19.6. The Morgan fingerprint density at radius 2 is 1.81 bits per heavy atom. The lowest BCUT2D eigenvalue weighted by Crippen LogP contribution is -2.79. The Kier molecular flexibility index (Phi) is 7.92. The van der Waals surface area contributed by atoms with Crippen molar-refractivity contribution in [1.82, 2.24) is 0 Å². The minimum absolute atomic E-state index is 0.0420. The summed E-state index contributed by atoms with van der Waals surface area (Å²) in [6.07, 6.45) is -2.13. The van der Waals surface area contributed by atoms with Gasteiger partial charge in [0.05, 0.1) is 24.2 Å². The number of thioether (sulfide) groups is 1. The van der Waals surface area contributed by atoms with Crippen molar-refractivity contribution < 1.29 is 43.5 Å². The molecule has 1 aromatic rings. The van der Waals surface area contributed by atoms with Crippen molar-refractivity contribution in [1.29, 1.82) is 0 Å². The minimum atomic E-state index is -1.93. The first-order valence-electron chi connectivity index (χ1n) is 14.1. The molecule has 1 heterocycles. The topological polar surface area (TPSA) is 129 Å². The van der Waals surface area contributed by atoms with E-state index in [0.29, 0.717) is 24.0 Å². The molecule has 11 heteroatoms. The van der Waals surface area contributed by atoms with Crippen molar-refractivity contribution in [2.24, 2.45) is 16.7 Å². The highest BCUT2D eigenvalue weighted by Gasteiger charge is 2.76. The van der Waals surface area contributed by atoms with E-state index >= 15 is 0 Å². The van der Waals surface area contributed by atoms with Gasteiger partial charge in [0.2, 0.25) is 4.38 Å². The third kappa shape index (κ3) is 4.46. The maximum absolute atomic E-state index is 14.9. The number of carbonyl (C=O) groups excluding carboxylic acids is 3. The number of rotatable bonds is 4. The van der Waals surface area contributed by atoms with E-state index in [1.807, 2.05) is 0 Å². The van der Waals surface area contributed by atoms with Crippen LogP contribution in [0.2, 0.25) is 0 Å². The smallest absolute Gasteiger partial charge is 0.338 e. The molecular weight excluding hydrogens is 580 g/mol. The lowest BCUT2D eigenvalue weighted by molar-refractivity contribution is -0.332. The van der Waals surface area contributed by atoms with Crippen LogP contribution in [0.4, 0.5) is 0 Å². The van der Waals surface area contributed by atoms with E-state index in [2.05, 4.69) is 0 Å². The predicted molar refractivity (Wildman–Crippen MR) is 159 cm³/mol. The van der Waals surface area contributed by atoms with Gasteiger partial charge in [-0.05, 0) is 61.5 Å². The normalized spacial score (nSPS) is 38.6. The summed E-state index contributed by atoms with van der Waals surface area (Å²) < 4.78 is 24.6. The number of esters is 2. The molecular formula is C31H38O9S2. The lowest BCUT2D eigenvalue weighted by atomic mass is 9.45. The molecule has 0 spiro atoms. The maximum Gasteiger partial charge on any atom is 0.338 e. The molecule has 228 valence electrons. The molecule has 8 atom stereocenters. The van der Waals surface area contributed by atoms with Gasteiger partial charge >= 0.3 is 11.9 Å². The van der Waals surface area contributed by atoms with Gasteiger partial charge in [-0.3, -0.25) is 9.59 Å². The summed E-state index contributed by atoms with van der Waals surface area (Å²) in [7, 11) is 0. The summed E-state index contributed by atoms with van der Waals surface area (Å²) in [6.45, 7) is 8.22.